The minimum atomic E-state index is -1.61. The van der Waals surface area contributed by atoms with Crippen molar-refractivity contribution < 1.29 is 96.0 Å². The zero-order valence-corrected chi connectivity index (χ0v) is 34.8. The van der Waals surface area contributed by atoms with Crippen LogP contribution in [0.5, 0.6) is 0 Å². The molecule has 2 aromatic heterocycles. The fourth-order valence-electron chi connectivity index (χ4n) is 8.27. The van der Waals surface area contributed by atoms with Gasteiger partial charge in [0.05, 0.1) is 25.7 Å². The van der Waals surface area contributed by atoms with E-state index in [1.54, 1.807) is 0 Å². The number of carboxylic acid groups (broad SMARTS) is 8. The molecule has 0 spiro atoms. The first kappa shape index (κ1) is 48.8. The van der Waals surface area contributed by atoms with Gasteiger partial charge in [-0.3, -0.25) is 38.4 Å². The van der Waals surface area contributed by atoms with Crippen LogP contribution in [-0.2, 0) is 80.8 Å². The minimum absolute atomic E-state index is 0. The van der Waals surface area contributed by atoms with Crippen molar-refractivity contribution in [3.05, 3.63) is 95.0 Å². The van der Waals surface area contributed by atoms with E-state index in [0.29, 0.717) is 0 Å². The number of aromatic nitrogens is 2. The van der Waals surface area contributed by atoms with Crippen molar-refractivity contribution in [3.8, 4) is 0 Å². The maximum Gasteiger partial charge on any atom is 0.307 e. The second-order valence-electron chi connectivity index (χ2n) is 15.5. The van der Waals surface area contributed by atoms with E-state index in [2.05, 4.69) is 9.97 Å². The summed E-state index contributed by atoms with van der Waals surface area (Å²) in [5.74, 6) is -10.4. The monoisotopic (exact) mass is 917 g/mol. The molecule has 63 heavy (non-hydrogen) atoms. The van der Waals surface area contributed by atoms with Gasteiger partial charge in [0.1, 0.15) is 0 Å². The van der Waals surface area contributed by atoms with Crippen molar-refractivity contribution in [1.82, 2.24) is 9.97 Å². The maximum absolute atomic E-state index is 12.6. The predicted octanol–water partition coefficient (Wildman–Crippen LogP) is 2.71. The zero-order chi connectivity index (χ0) is 45.8. The van der Waals surface area contributed by atoms with Gasteiger partial charge >= 0.3 is 47.8 Å². The number of hydrogen-bond acceptors (Lipinski definition) is 8. The van der Waals surface area contributed by atoms with E-state index in [-0.39, 0.29) is 121 Å². The van der Waals surface area contributed by atoms with E-state index in [0.717, 1.165) is 0 Å². The summed E-state index contributed by atoms with van der Waals surface area (Å²) < 4.78 is 0. The van der Waals surface area contributed by atoms with Crippen molar-refractivity contribution in [3.63, 3.8) is 0 Å². The molecule has 1 radical (unpaired) electrons. The van der Waals surface area contributed by atoms with Gasteiger partial charge in [-0.2, -0.15) is 11.4 Å². The van der Waals surface area contributed by atoms with Crippen LogP contribution in [0.25, 0.3) is 28.9 Å². The molecule has 0 unspecified atom stereocenters. The number of fused-ring (bicyclic) bond motifs is 8. The molecule has 2 aromatic rings. The molecule has 8 N–H and O–H groups in total. The SMILES string of the molecule is C[C@]1(CC(=O)O)C(CCC(=O)O)=C2/C=c3\[n-]/c(c(CCC(=O)O)c3CC(=O)O)=C\c3[n-]c(c(CC(=O)O)c3CCC(=O)O)/C=C3\[N-]C(=C(CCC(=O)O)[C@]3(C)CC(=O)O)/C=C/1[N-]2.[Co]. The zero-order valence-electron chi connectivity index (χ0n) is 33.8. The average molecular weight is 918 g/mol. The molecular weight excluding hydrogens is 875 g/mol. The van der Waals surface area contributed by atoms with Gasteiger partial charge in [0.15, 0.2) is 0 Å². The molecule has 0 saturated carbocycles. The number of carbonyl (C=O) groups is 8. The van der Waals surface area contributed by atoms with Crippen molar-refractivity contribution in [1.29, 1.82) is 0 Å². The van der Waals surface area contributed by atoms with E-state index in [1.165, 1.54) is 38.2 Å². The molecular formula is C42H42CoN4O16-4. The summed E-state index contributed by atoms with van der Waals surface area (Å²) in [6, 6.07) is 0. The molecule has 5 heterocycles. The first-order chi connectivity index (χ1) is 29.0. The van der Waals surface area contributed by atoms with Crippen molar-refractivity contribution in [2.75, 3.05) is 0 Å². The van der Waals surface area contributed by atoms with Crippen LogP contribution in [0.1, 0.15) is 98.9 Å². The van der Waals surface area contributed by atoms with Crippen LogP contribution in [0.4, 0.5) is 0 Å². The summed E-state index contributed by atoms with van der Waals surface area (Å²) in [6.07, 6.45) is -0.609. The number of aliphatic carboxylic acids is 8. The van der Waals surface area contributed by atoms with Crippen molar-refractivity contribution >= 4 is 66.0 Å². The van der Waals surface area contributed by atoms with Crippen LogP contribution in [-0.4, -0.2) is 88.6 Å². The van der Waals surface area contributed by atoms with E-state index >= 15 is 0 Å². The Hall–Kier alpha value is -6.87. The van der Waals surface area contributed by atoms with Gasteiger partial charge in [0.25, 0.3) is 0 Å². The van der Waals surface area contributed by atoms with E-state index in [9.17, 15) is 79.2 Å². The molecule has 5 rings (SSSR count). The van der Waals surface area contributed by atoms with Crippen LogP contribution in [0.2, 0.25) is 0 Å². The fraction of sp³-hybridized carbons (Fsp3) is 0.381. The standard InChI is InChI=1S/C42H42N4O16.Co/c1-41(17-39(59)60)23(5-9-35(51)52)29-14-27-21(11-37(55)56)19(3-7-33(47)48)25(43-27)13-26-20(4-8-34(49)50)22(12-38(57)58)28(44-26)15-31-42(2,18-40(61)62)24(6-10-36(53)54)30(46-31)16-32(41)45-29;/h13-16H,3-12,17-18H2,1-2H3,(H,47,48)(H,49,50)(H,51,52)(H,53,54)(H,55,56)(H,57,58)(H,59,60)(H,61,62);/q-4;/b25-13-,27-14-,31-15-,32-16-;/t41-,42-;/m0./s1. The van der Waals surface area contributed by atoms with Crippen molar-refractivity contribution in [2.45, 2.75) is 90.9 Å². The summed E-state index contributed by atoms with van der Waals surface area (Å²) in [5.41, 5.74) is -2.71. The Morgan fingerprint density at radius 3 is 1.30 bits per heavy atom. The van der Waals surface area contributed by atoms with E-state index in [4.69, 9.17) is 10.6 Å². The van der Waals surface area contributed by atoms with Gasteiger partial charge in [-0.05, 0) is 36.8 Å². The van der Waals surface area contributed by atoms with Crippen LogP contribution < -0.4 is 20.7 Å². The van der Waals surface area contributed by atoms with Crippen LogP contribution in [0.15, 0.2) is 40.0 Å². The van der Waals surface area contributed by atoms with Gasteiger partial charge in [0.2, 0.25) is 0 Å². The molecule has 0 fully saturated rings. The topological polar surface area (TPSA) is 355 Å². The van der Waals surface area contributed by atoms with Crippen LogP contribution >= 0.6 is 0 Å². The van der Waals surface area contributed by atoms with Gasteiger partial charge in [-0.25, -0.2) is 0 Å². The number of nitrogens with zero attached hydrogens (tertiary/aromatic N) is 4. The second kappa shape index (κ2) is 19.4. The number of hydrogen-bond donors (Lipinski definition) is 8. The third-order valence-corrected chi connectivity index (χ3v) is 11.1. The molecule has 0 amide bonds. The third kappa shape index (κ3) is 11.0. The summed E-state index contributed by atoms with van der Waals surface area (Å²) >= 11 is 0. The first-order valence-electron chi connectivity index (χ1n) is 19.2. The number of allylic oxidation sites excluding steroid dienone is 4. The third-order valence-electron chi connectivity index (χ3n) is 11.1. The number of carboxylic acids is 8. The molecule has 339 valence electrons. The quantitative estimate of drug-likeness (QED) is 0.0946. The predicted molar refractivity (Wildman–Crippen MR) is 213 cm³/mol. The molecule has 21 heteroatoms. The second-order valence-corrected chi connectivity index (χ2v) is 15.5. The molecule has 0 aliphatic carbocycles. The summed E-state index contributed by atoms with van der Waals surface area (Å²) in [5, 5.41) is 88.9. The van der Waals surface area contributed by atoms with Gasteiger partial charge < -0.3 is 61.5 Å². The Morgan fingerprint density at radius 1 is 0.444 bits per heavy atom. The average Bonchev–Trinajstić information content (AvgIpc) is 3.77. The number of rotatable bonds is 20. The Balaban J connectivity index is 0.00000871. The smallest absolute Gasteiger partial charge is 0.307 e. The van der Waals surface area contributed by atoms with Crippen LogP contribution in [0.3, 0.4) is 0 Å². The summed E-state index contributed by atoms with van der Waals surface area (Å²) in [7, 11) is 0. The van der Waals surface area contributed by atoms with E-state index < -0.39 is 110 Å². The largest absolute Gasteiger partial charge is 0.661 e. The maximum atomic E-state index is 12.6. The minimum Gasteiger partial charge on any atom is -0.661 e. The molecule has 0 aromatic carbocycles. The first-order valence-corrected chi connectivity index (χ1v) is 19.2. The summed E-state index contributed by atoms with van der Waals surface area (Å²) in [4.78, 5) is 107. The molecule has 3 aliphatic heterocycles. The van der Waals surface area contributed by atoms with Gasteiger partial charge in [-0.1, -0.05) is 60.4 Å². The molecule has 2 atom stereocenters. The normalized spacial score (nSPS) is 21.5. The van der Waals surface area contributed by atoms with Gasteiger partial charge in [0, 0.05) is 53.3 Å². The summed E-state index contributed by atoms with van der Waals surface area (Å²) in [6.45, 7) is 2.97. The Kier molecular flexibility index (Phi) is 15.1. The molecule has 0 saturated heterocycles. The Labute approximate surface area is 367 Å². The van der Waals surface area contributed by atoms with Gasteiger partial charge in [-0.15, -0.1) is 33.5 Å². The van der Waals surface area contributed by atoms with E-state index in [1.807, 2.05) is 0 Å². The molecule has 20 nitrogen and oxygen atoms in total. The van der Waals surface area contributed by atoms with Crippen molar-refractivity contribution in [2.24, 2.45) is 10.8 Å². The Morgan fingerprint density at radius 2 is 0.841 bits per heavy atom. The molecule has 3 aliphatic rings. The van der Waals surface area contributed by atoms with Crippen LogP contribution in [0, 0.1) is 10.8 Å². The molecule has 8 bridgehead atoms. The Bertz CT molecular complexity index is 2560. The fourth-order valence-corrected chi connectivity index (χ4v) is 8.27.